The summed E-state index contributed by atoms with van der Waals surface area (Å²) in [7, 11) is 0. The minimum absolute atomic E-state index is 0.0379. The molecule has 0 spiro atoms. The molecule has 0 atom stereocenters. The summed E-state index contributed by atoms with van der Waals surface area (Å²) in [5, 5.41) is 8.80. The van der Waals surface area contributed by atoms with Gasteiger partial charge in [0.2, 0.25) is 0 Å². The van der Waals surface area contributed by atoms with E-state index in [4.69, 9.17) is 5.11 Å². The second-order valence-corrected chi connectivity index (χ2v) is 3.86. The van der Waals surface area contributed by atoms with Gasteiger partial charge in [-0.25, -0.2) is 14.0 Å². The number of hydrogen-bond donors (Lipinski definition) is 2. The third kappa shape index (κ3) is 2.76. The van der Waals surface area contributed by atoms with E-state index < -0.39 is 28.6 Å². The van der Waals surface area contributed by atoms with E-state index in [1.54, 1.807) is 0 Å². The maximum absolute atomic E-state index is 12.7. The Morgan fingerprint density at radius 1 is 1.26 bits per heavy atom. The van der Waals surface area contributed by atoms with Gasteiger partial charge < -0.3 is 5.11 Å². The van der Waals surface area contributed by atoms with Crippen LogP contribution >= 0.6 is 0 Å². The van der Waals surface area contributed by atoms with Crippen molar-refractivity contribution in [3.8, 4) is 0 Å². The monoisotopic (exact) mass is 264 g/mol. The average molecular weight is 264 g/mol. The highest BCUT2D eigenvalue weighted by Crippen LogP contribution is 2.04. The summed E-state index contributed by atoms with van der Waals surface area (Å²) in [4.78, 5) is 35.5. The first-order chi connectivity index (χ1) is 8.97. The number of carbonyl (C=O) groups is 1. The maximum Gasteiger partial charge on any atom is 0.342 e. The van der Waals surface area contributed by atoms with E-state index in [1.807, 2.05) is 4.98 Å². The molecule has 0 saturated heterocycles. The Labute approximate surface area is 105 Å². The van der Waals surface area contributed by atoms with Crippen LogP contribution in [0.5, 0.6) is 0 Å². The molecule has 0 fully saturated rings. The molecule has 0 aliphatic carbocycles. The lowest BCUT2D eigenvalue weighted by atomic mass is 10.2. The second kappa shape index (κ2) is 4.89. The maximum atomic E-state index is 12.7. The lowest BCUT2D eigenvalue weighted by Gasteiger charge is -2.06. The van der Waals surface area contributed by atoms with Crippen molar-refractivity contribution in [3.05, 3.63) is 68.2 Å². The van der Waals surface area contributed by atoms with E-state index in [9.17, 15) is 18.8 Å². The second-order valence-electron chi connectivity index (χ2n) is 3.86. The molecule has 0 bridgehead atoms. The van der Waals surface area contributed by atoms with Crippen LogP contribution < -0.4 is 11.2 Å². The van der Waals surface area contributed by atoms with Gasteiger partial charge in [-0.05, 0) is 17.7 Å². The Hall–Kier alpha value is -2.70. The van der Waals surface area contributed by atoms with Crippen molar-refractivity contribution in [1.29, 1.82) is 0 Å². The molecule has 1 aromatic carbocycles. The van der Waals surface area contributed by atoms with Gasteiger partial charge >= 0.3 is 11.7 Å². The molecule has 2 aromatic rings. The van der Waals surface area contributed by atoms with E-state index in [0.29, 0.717) is 5.56 Å². The molecule has 0 aliphatic heterocycles. The Kier molecular flexibility index (Phi) is 3.28. The molecule has 0 saturated carbocycles. The lowest BCUT2D eigenvalue weighted by Crippen LogP contribution is -2.33. The normalized spacial score (nSPS) is 10.4. The zero-order valence-electron chi connectivity index (χ0n) is 9.59. The van der Waals surface area contributed by atoms with Crippen molar-refractivity contribution in [3.63, 3.8) is 0 Å². The molecule has 0 amide bonds. The summed E-state index contributed by atoms with van der Waals surface area (Å²) in [6, 6.07) is 5.38. The van der Waals surface area contributed by atoms with E-state index in [-0.39, 0.29) is 6.54 Å². The molecule has 0 radical (unpaired) electrons. The summed E-state index contributed by atoms with van der Waals surface area (Å²) in [6.45, 7) is 0.0379. The van der Waals surface area contributed by atoms with E-state index in [1.165, 1.54) is 24.3 Å². The van der Waals surface area contributed by atoms with Crippen LogP contribution in [-0.2, 0) is 6.54 Å². The Morgan fingerprint density at radius 2 is 1.89 bits per heavy atom. The van der Waals surface area contributed by atoms with E-state index in [2.05, 4.69) is 0 Å². The summed E-state index contributed by atoms with van der Waals surface area (Å²) in [5.41, 5.74) is -1.60. The number of halogens is 1. The van der Waals surface area contributed by atoms with Crippen LogP contribution in [0.3, 0.4) is 0 Å². The van der Waals surface area contributed by atoms with E-state index >= 15 is 0 Å². The van der Waals surface area contributed by atoms with Crippen LogP contribution in [0.2, 0.25) is 0 Å². The molecule has 98 valence electrons. The van der Waals surface area contributed by atoms with Gasteiger partial charge in [0.05, 0.1) is 6.54 Å². The summed E-state index contributed by atoms with van der Waals surface area (Å²) >= 11 is 0. The standard InChI is InChI=1S/C12H9FN2O4/c13-8-3-1-7(2-4-8)5-15-6-9(11(17)18)10(16)14-12(15)19/h1-4,6H,5H2,(H,17,18)(H,14,16,19). The number of rotatable bonds is 3. The Morgan fingerprint density at radius 3 is 2.47 bits per heavy atom. The summed E-state index contributed by atoms with van der Waals surface area (Å²) < 4.78 is 13.8. The predicted octanol–water partition coefficient (Wildman–Crippen LogP) is 0.422. The molecule has 1 aromatic heterocycles. The van der Waals surface area contributed by atoms with Gasteiger partial charge in [0.25, 0.3) is 5.56 Å². The first-order valence-electron chi connectivity index (χ1n) is 5.29. The molecule has 19 heavy (non-hydrogen) atoms. The number of aromatic amines is 1. The Balaban J connectivity index is 2.43. The van der Waals surface area contributed by atoms with Gasteiger partial charge in [0.1, 0.15) is 11.4 Å². The highest BCUT2D eigenvalue weighted by Gasteiger charge is 2.11. The predicted molar refractivity (Wildman–Crippen MR) is 63.8 cm³/mol. The fourth-order valence-electron chi connectivity index (χ4n) is 1.57. The molecular weight excluding hydrogens is 255 g/mol. The van der Waals surface area contributed by atoms with Crippen LogP contribution in [-0.4, -0.2) is 20.6 Å². The van der Waals surface area contributed by atoms with Gasteiger partial charge in [0, 0.05) is 6.20 Å². The average Bonchev–Trinajstić information content (AvgIpc) is 2.34. The van der Waals surface area contributed by atoms with Crippen molar-refractivity contribution in [2.24, 2.45) is 0 Å². The minimum Gasteiger partial charge on any atom is -0.477 e. The van der Waals surface area contributed by atoms with Crippen molar-refractivity contribution < 1.29 is 14.3 Å². The van der Waals surface area contributed by atoms with Crippen LogP contribution in [0, 0.1) is 5.82 Å². The molecule has 2 N–H and O–H groups in total. The number of benzene rings is 1. The molecule has 0 aliphatic rings. The molecule has 1 heterocycles. The number of H-pyrrole nitrogens is 1. The van der Waals surface area contributed by atoms with Crippen LogP contribution in [0.1, 0.15) is 15.9 Å². The van der Waals surface area contributed by atoms with Crippen molar-refractivity contribution in [1.82, 2.24) is 9.55 Å². The van der Waals surface area contributed by atoms with Crippen molar-refractivity contribution >= 4 is 5.97 Å². The highest BCUT2D eigenvalue weighted by molar-refractivity contribution is 5.86. The van der Waals surface area contributed by atoms with Crippen molar-refractivity contribution in [2.45, 2.75) is 6.54 Å². The van der Waals surface area contributed by atoms with Gasteiger partial charge in [-0.15, -0.1) is 0 Å². The van der Waals surface area contributed by atoms with Gasteiger partial charge in [0.15, 0.2) is 0 Å². The molecular formula is C12H9FN2O4. The van der Waals surface area contributed by atoms with Crippen LogP contribution in [0.25, 0.3) is 0 Å². The third-order valence-corrected chi connectivity index (χ3v) is 2.51. The number of aromatic nitrogens is 2. The Bertz CT molecular complexity index is 731. The SMILES string of the molecule is O=C(O)c1cn(Cc2ccc(F)cc2)c(=O)[nH]c1=O. The summed E-state index contributed by atoms with van der Waals surface area (Å²) in [6.07, 6.45) is 0.965. The molecule has 7 heteroatoms. The zero-order valence-corrected chi connectivity index (χ0v) is 9.59. The largest absolute Gasteiger partial charge is 0.477 e. The number of nitrogens with one attached hydrogen (secondary N) is 1. The van der Waals surface area contributed by atoms with E-state index in [0.717, 1.165) is 10.8 Å². The smallest absolute Gasteiger partial charge is 0.342 e. The third-order valence-electron chi connectivity index (χ3n) is 2.51. The van der Waals surface area contributed by atoms with Crippen LogP contribution in [0.4, 0.5) is 4.39 Å². The van der Waals surface area contributed by atoms with Gasteiger partial charge in [-0.3, -0.25) is 14.3 Å². The first-order valence-corrected chi connectivity index (χ1v) is 5.29. The number of carboxylic acid groups (broad SMARTS) is 1. The quantitative estimate of drug-likeness (QED) is 0.840. The highest BCUT2D eigenvalue weighted by atomic mass is 19.1. The molecule has 0 unspecified atom stereocenters. The summed E-state index contributed by atoms with van der Waals surface area (Å²) in [5.74, 6) is -1.84. The lowest BCUT2D eigenvalue weighted by molar-refractivity contribution is 0.0693. The fraction of sp³-hybridized carbons (Fsp3) is 0.0833. The van der Waals surface area contributed by atoms with Crippen LogP contribution in [0.15, 0.2) is 40.1 Å². The van der Waals surface area contributed by atoms with Gasteiger partial charge in [-0.1, -0.05) is 12.1 Å². The number of nitrogens with zero attached hydrogens (tertiary/aromatic N) is 1. The van der Waals surface area contributed by atoms with Crippen molar-refractivity contribution in [2.75, 3.05) is 0 Å². The number of carboxylic acids is 1. The molecule has 2 rings (SSSR count). The number of aromatic carboxylic acids is 1. The fourth-order valence-corrected chi connectivity index (χ4v) is 1.57. The molecule has 6 nitrogen and oxygen atoms in total. The van der Waals surface area contributed by atoms with Gasteiger partial charge in [-0.2, -0.15) is 0 Å². The number of hydrogen-bond acceptors (Lipinski definition) is 3. The first kappa shape index (κ1) is 12.7. The zero-order chi connectivity index (χ0) is 14.0. The minimum atomic E-state index is -1.42. The topological polar surface area (TPSA) is 92.2 Å².